The number of benzene rings is 1. The standard InChI is InChI=1S/C15H20BrN3O3/c1-2-22-15(21)19-9-7-13(8-10-19)18-14(20)17-12-5-3-11(16)4-6-12/h3-6,13H,2,7-10H2,1H3,(H2,17,18,20). The van der Waals surface area contributed by atoms with Gasteiger partial charge in [-0.25, -0.2) is 9.59 Å². The maximum absolute atomic E-state index is 11.9. The minimum atomic E-state index is -0.278. The van der Waals surface area contributed by atoms with Crippen LogP contribution in [0.5, 0.6) is 0 Å². The number of rotatable bonds is 3. The van der Waals surface area contributed by atoms with Gasteiger partial charge < -0.3 is 20.3 Å². The van der Waals surface area contributed by atoms with E-state index < -0.39 is 0 Å². The number of carbonyl (C=O) groups is 2. The van der Waals surface area contributed by atoms with Crippen molar-refractivity contribution in [3.63, 3.8) is 0 Å². The van der Waals surface area contributed by atoms with Crippen molar-refractivity contribution in [2.75, 3.05) is 25.0 Å². The first kappa shape index (κ1) is 16.6. The van der Waals surface area contributed by atoms with Gasteiger partial charge in [0.05, 0.1) is 6.61 Å². The summed E-state index contributed by atoms with van der Waals surface area (Å²) in [5, 5.41) is 5.73. The fourth-order valence-electron chi connectivity index (χ4n) is 2.31. The maximum Gasteiger partial charge on any atom is 0.409 e. The van der Waals surface area contributed by atoms with Crippen LogP contribution in [0, 0.1) is 0 Å². The Hall–Kier alpha value is -1.76. The summed E-state index contributed by atoms with van der Waals surface area (Å²) in [6.45, 7) is 3.37. The summed E-state index contributed by atoms with van der Waals surface area (Å²) in [6, 6.07) is 7.24. The molecule has 1 aromatic carbocycles. The van der Waals surface area contributed by atoms with Crippen molar-refractivity contribution in [2.45, 2.75) is 25.8 Å². The maximum atomic E-state index is 11.9. The van der Waals surface area contributed by atoms with Crippen molar-refractivity contribution in [2.24, 2.45) is 0 Å². The smallest absolute Gasteiger partial charge is 0.409 e. The average molecular weight is 370 g/mol. The molecule has 1 aliphatic heterocycles. The Kier molecular flexibility index (Phi) is 6.06. The second-order valence-electron chi connectivity index (χ2n) is 5.07. The molecule has 1 heterocycles. The fraction of sp³-hybridized carbons (Fsp3) is 0.467. The topological polar surface area (TPSA) is 70.7 Å². The van der Waals surface area contributed by atoms with E-state index in [2.05, 4.69) is 26.6 Å². The van der Waals surface area contributed by atoms with Gasteiger partial charge in [0.15, 0.2) is 0 Å². The molecular formula is C15H20BrN3O3. The van der Waals surface area contributed by atoms with E-state index >= 15 is 0 Å². The van der Waals surface area contributed by atoms with E-state index in [0.717, 1.165) is 23.0 Å². The number of nitrogens with zero attached hydrogens (tertiary/aromatic N) is 1. The largest absolute Gasteiger partial charge is 0.450 e. The molecule has 0 radical (unpaired) electrons. The van der Waals surface area contributed by atoms with Gasteiger partial charge in [-0.05, 0) is 44.0 Å². The first-order valence-electron chi connectivity index (χ1n) is 7.33. The van der Waals surface area contributed by atoms with Crippen molar-refractivity contribution in [3.8, 4) is 0 Å². The summed E-state index contributed by atoms with van der Waals surface area (Å²) in [4.78, 5) is 25.2. The number of carbonyl (C=O) groups excluding carboxylic acids is 2. The number of hydrogen-bond acceptors (Lipinski definition) is 3. The van der Waals surface area contributed by atoms with Crippen LogP contribution in [-0.4, -0.2) is 42.8 Å². The zero-order valence-electron chi connectivity index (χ0n) is 12.5. The molecule has 0 bridgehead atoms. The summed E-state index contributed by atoms with van der Waals surface area (Å²) in [7, 11) is 0. The molecule has 0 aliphatic carbocycles. The number of halogens is 1. The van der Waals surface area contributed by atoms with Gasteiger partial charge in [-0.2, -0.15) is 0 Å². The lowest BCUT2D eigenvalue weighted by molar-refractivity contribution is 0.0959. The number of urea groups is 1. The zero-order chi connectivity index (χ0) is 15.9. The van der Waals surface area contributed by atoms with Crippen LogP contribution >= 0.6 is 15.9 Å². The van der Waals surface area contributed by atoms with Gasteiger partial charge in [-0.1, -0.05) is 15.9 Å². The highest BCUT2D eigenvalue weighted by Gasteiger charge is 2.24. The lowest BCUT2D eigenvalue weighted by Crippen LogP contribution is -2.47. The number of anilines is 1. The molecule has 3 amide bonds. The number of nitrogens with one attached hydrogen (secondary N) is 2. The molecule has 6 nitrogen and oxygen atoms in total. The summed E-state index contributed by atoms with van der Waals surface area (Å²) in [6.07, 6.45) is 1.18. The molecule has 120 valence electrons. The van der Waals surface area contributed by atoms with Gasteiger partial charge in [0.25, 0.3) is 0 Å². The molecule has 1 aromatic rings. The minimum absolute atomic E-state index is 0.0705. The van der Waals surface area contributed by atoms with E-state index in [4.69, 9.17) is 4.74 Å². The van der Waals surface area contributed by atoms with Crippen molar-refractivity contribution in [1.29, 1.82) is 0 Å². The van der Waals surface area contributed by atoms with E-state index in [1.165, 1.54) is 0 Å². The Morgan fingerprint density at radius 3 is 2.50 bits per heavy atom. The fourth-order valence-corrected chi connectivity index (χ4v) is 2.57. The predicted octanol–water partition coefficient (Wildman–Crippen LogP) is 3.19. The van der Waals surface area contributed by atoms with E-state index in [9.17, 15) is 9.59 Å². The Balaban J connectivity index is 1.74. The van der Waals surface area contributed by atoms with Crippen LogP contribution in [0.3, 0.4) is 0 Å². The molecular weight excluding hydrogens is 350 g/mol. The molecule has 0 saturated carbocycles. The molecule has 1 fully saturated rings. The van der Waals surface area contributed by atoms with Crippen molar-refractivity contribution in [3.05, 3.63) is 28.7 Å². The van der Waals surface area contributed by atoms with Gasteiger partial charge in [-0.3, -0.25) is 0 Å². The summed E-state index contributed by atoms with van der Waals surface area (Å²) in [5.41, 5.74) is 0.740. The highest BCUT2D eigenvalue weighted by molar-refractivity contribution is 9.10. The third kappa shape index (κ3) is 4.91. The number of ether oxygens (including phenoxy) is 1. The molecule has 0 atom stereocenters. The third-order valence-electron chi connectivity index (χ3n) is 3.46. The Morgan fingerprint density at radius 1 is 1.27 bits per heavy atom. The molecule has 0 spiro atoms. The number of piperidine rings is 1. The highest BCUT2D eigenvalue weighted by Crippen LogP contribution is 2.15. The number of likely N-dealkylation sites (tertiary alicyclic amines) is 1. The van der Waals surface area contributed by atoms with Crippen molar-refractivity contribution < 1.29 is 14.3 Å². The van der Waals surface area contributed by atoms with Crippen LogP contribution < -0.4 is 10.6 Å². The summed E-state index contributed by atoms with van der Waals surface area (Å²) in [5.74, 6) is 0. The van der Waals surface area contributed by atoms with Gasteiger partial charge in [0.1, 0.15) is 0 Å². The third-order valence-corrected chi connectivity index (χ3v) is 3.99. The highest BCUT2D eigenvalue weighted by atomic mass is 79.9. The molecule has 1 aliphatic rings. The zero-order valence-corrected chi connectivity index (χ0v) is 14.1. The van der Waals surface area contributed by atoms with Gasteiger partial charge >= 0.3 is 12.1 Å². The quantitative estimate of drug-likeness (QED) is 0.859. The van der Waals surface area contributed by atoms with E-state index in [1.54, 1.807) is 11.8 Å². The molecule has 0 aromatic heterocycles. The molecule has 1 saturated heterocycles. The number of hydrogen-bond donors (Lipinski definition) is 2. The van der Waals surface area contributed by atoms with Crippen molar-refractivity contribution >= 4 is 33.7 Å². The summed E-state index contributed by atoms with van der Waals surface area (Å²) >= 11 is 3.35. The monoisotopic (exact) mass is 369 g/mol. The molecule has 7 heteroatoms. The van der Waals surface area contributed by atoms with E-state index in [1.807, 2.05) is 24.3 Å². The number of amides is 3. The molecule has 22 heavy (non-hydrogen) atoms. The first-order chi connectivity index (χ1) is 10.6. The molecule has 2 rings (SSSR count). The van der Waals surface area contributed by atoms with Gasteiger partial charge in [0.2, 0.25) is 0 Å². The minimum Gasteiger partial charge on any atom is -0.450 e. The van der Waals surface area contributed by atoms with Crippen LogP contribution in [0.1, 0.15) is 19.8 Å². The average Bonchev–Trinajstić information content (AvgIpc) is 2.50. The van der Waals surface area contributed by atoms with E-state index in [0.29, 0.717) is 19.7 Å². The van der Waals surface area contributed by atoms with Crippen LogP contribution in [-0.2, 0) is 4.74 Å². The Labute approximate surface area is 138 Å². The first-order valence-corrected chi connectivity index (χ1v) is 8.12. The summed E-state index contributed by atoms with van der Waals surface area (Å²) < 4.78 is 5.93. The second kappa shape index (κ2) is 8.03. The predicted molar refractivity (Wildman–Crippen MR) is 87.9 cm³/mol. The van der Waals surface area contributed by atoms with Crippen LogP contribution in [0.25, 0.3) is 0 Å². The van der Waals surface area contributed by atoms with Crippen LogP contribution in [0.15, 0.2) is 28.7 Å². The Morgan fingerprint density at radius 2 is 1.91 bits per heavy atom. The van der Waals surface area contributed by atoms with E-state index in [-0.39, 0.29) is 18.2 Å². The lowest BCUT2D eigenvalue weighted by Gasteiger charge is -2.31. The van der Waals surface area contributed by atoms with Crippen LogP contribution in [0.2, 0.25) is 0 Å². The van der Waals surface area contributed by atoms with Crippen molar-refractivity contribution in [1.82, 2.24) is 10.2 Å². The lowest BCUT2D eigenvalue weighted by atomic mass is 10.1. The molecule has 2 N–H and O–H groups in total. The Bertz CT molecular complexity index is 513. The molecule has 0 unspecified atom stereocenters. The van der Waals surface area contributed by atoms with Crippen LogP contribution in [0.4, 0.5) is 15.3 Å². The second-order valence-corrected chi connectivity index (χ2v) is 5.98. The van der Waals surface area contributed by atoms with Gasteiger partial charge in [-0.15, -0.1) is 0 Å². The SMILES string of the molecule is CCOC(=O)N1CCC(NC(=O)Nc2ccc(Br)cc2)CC1. The van der Waals surface area contributed by atoms with Gasteiger partial charge in [0, 0.05) is 29.3 Å². The normalized spacial score (nSPS) is 15.3.